The zero-order chi connectivity index (χ0) is 25.4. The van der Waals surface area contributed by atoms with Gasteiger partial charge in [-0.25, -0.2) is 4.79 Å². The summed E-state index contributed by atoms with van der Waals surface area (Å²) in [6, 6.07) is 10.8. The van der Waals surface area contributed by atoms with Crippen LogP contribution in [-0.2, 0) is 0 Å². The van der Waals surface area contributed by atoms with E-state index in [-0.39, 0.29) is 34.6 Å². The van der Waals surface area contributed by atoms with E-state index < -0.39 is 12.3 Å². The Morgan fingerprint density at radius 2 is 1.83 bits per heavy atom. The lowest BCUT2D eigenvalue weighted by Crippen LogP contribution is -2.38. The van der Waals surface area contributed by atoms with Crippen LogP contribution in [0, 0.1) is 0 Å². The van der Waals surface area contributed by atoms with Crippen LogP contribution in [0.5, 0.6) is 11.5 Å². The number of aromatic carboxylic acids is 1. The van der Waals surface area contributed by atoms with Crippen molar-refractivity contribution in [3.63, 3.8) is 0 Å². The molecule has 1 saturated heterocycles. The molecule has 2 fully saturated rings. The Labute approximate surface area is 210 Å². The van der Waals surface area contributed by atoms with E-state index >= 15 is 0 Å². The van der Waals surface area contributed by atoms with E-state index in [1.54, 1.807) is 18.2 Å². The molecule has 2 aromatic carbocycles. The normalized spacial score (nSPS) is 16.7. The van der Waals surface area contributed by atoms with Crippen LogP contribution in [0.3, 0.4) is 0 Å². The van der Waals surface area contributed by atoms with E-state index in [4.69, 9.17) is 9.26 Å². The van der Waals surface area contributed by atoms with E-state index in [1.165, 1.54) is 24.3 Å². The smallest absolute Gasteiger partial charge is 0.484 e. The number of hydrogen-bond donors (Lipinski definition) is 2. The van der Waals surface area contributed by atoms with Gasteiger partial charge in [0.1, 0.15) is 11.9 Å². The minimum Gasteiger partial charge on any atom is -0.484 e. The summed E-state index contributed by atoms with van der Waals surface area (Å²) >= 11 is 4.29. The number of carboxylic acids is 1. The van der Waals surface area contributed by atoms with Gasteiger partial charge in [-0.3, -0.25) is 0 Å². The van der Waals surface area contributed by atoms with E-state index in [0.717, 1.165) is 18.5 Å². The molecule has 1 aliphatic heterocycles. The number of carboxylic acid groups (broad SMARTS) is 1. The zero-order valence-corrected chi connectivity index (χ0v) is 19.9. The summed E-state index contributed by atoms with van der Waals surface area (Å²) in [4.78, 5) is 13.8. The Kier molecular flexibility index (Phi) is 6.50. The lowest BCUT2D eigenvalue weighted by molar-refractivity contribution is -0.274. The Bertz CT molecular complexity index is 1270. The summed E-state index contributed by atoms with van der Waals surface area (Å²) in [5.41, 5.74) is 1.36. The average molecular weight is 521 g/mol. The molecule has 1 N–H and O–H groups in total. The standard InChI is InChI=1S/C25H23F3N2O5S/c26-25(27,28)34-19-4-2-1-3-17(19)21-23(22(35-29-21)14-5-6-14)33-16-9-11-30(12-10-16)15-7-8-18(24(31)32)20(36)13-15/h1-4,7-8,13-14,16,36H,5-6,9-12H2,(H,31,32). The van der Waals surface area contributed by atoms with E-state index in [1.807, 2.05) is 0 Å². The molecule has 11 heteroatoms. The third-order valence-corrected chi connectivity index (χ3v) is 6.66. The lowest BCUT2D eigenvalue weighted by Gasteiger charge is -2.34. The fourth-order valence-corrected chi connectivity index (χ4v) is 4.66. The maximum Gasteiger partial charge on any atom is 0.573 e. The van der Waals surface area contributed by atoms with Gasteiger partial charge in [0, 0.05) is 42.4 Å². The molecule has 1 aliphatic carbocycles. The van der Waals surface area contributed by atoms with Crippen LogP contribution in [0.15, 0.2) is 51.9 Å². The molecule has 0 unspecified atom stereocenters. The average Bonchev–Trinajstić information content (AvgIpc) is 3.59. The number of carbonyl (C=O) groups is 1. The Balaban J connectivity index is 1.34. The van der Waals surface area contributed by atoms with Gasteiger partial charge >= 0.3 is 12.3 Å². The molecule has 190 valence electrons. The molecule has 0 bridgehead atoms. The molecule has 0 atom stereocenters. The number of nitrogens with zero attached hydrogens (tertiary/aromatic N) is 2. The molecule has 1 saturated carbocycles. The summed E-state index contributed by atoms with van der Waals surface area (Å²) in [5.74, 6) is -0.334. The van der Waals surface area contributed by atoms with Gasteiger partial charge < -0.3 is 24.0 Å². The molecular weight excluding hydrogens is 497 g/mol. The SMILES string of the molecule is O=C(O)c1ccc(N2CCC(Oc3c(-c4ccccc4OC(F)(F)F)noc3C3CC3)CC2)cc1S. The van der Waals surface area contributed by atoms with Gasteiger partial charge in [-0.05, 0) is 43.2 Å². The summed E-state index contributed by atoms with van der Waals surface area (Å²) in [7, 11) is 0. The van der Waals surface area contributed by atoms with Crippen LogP contribution in [0.1, 0.15) is 47.7 Å². The van der Waals surface area contributed by atoms with Crippen LogP contribution in [0.2, 0.25) is 0 Å². The Morgan fingerprint density at radius 3 is 2.47 bits per heavy atom. The van der Waals surface area contributed by atoms with Gasteiger partial charge in [-0.15, -0.1) is 25.8 Å². The lowest BCUT2D eigenvalue weighted by atomic mass is 10.1. The highest BCUT2D eigenvalue weighted by molar-refractivity contribution is 7.80. The van der Waals surface area contributed by atoms with Crippen molar-refractivity contribution < 1.29 is 37.1 Å². The number of halogens is 3. The van der Waals surface area contributed by atoms with Gasteiger partial charge in [0.05, 0.1) is 11.1 Å². The molecule has 5 rings (SSSR count). The molecule has 2 heterocycles. The highest BCUT2D eigenvalue weighted by Gasteiger charge is 2.37. The molecule has 1 aromatic heterocycles. The van der Waals surface area contributed by atoms with Gasteiger partial charge in [0.25, 0.3) is 0 Å². The number of alkyl halides is 3. The predicted octanol–water partition coefficient (Wildman–Crippen LogP) is 6.15. The van der Waals surface area contributed by atoms with Crippen LogP contribution in [0.4, 0.5) is 18.9 Å². The largest absolute Gasteiger partial charge is 0.573 e. The second-order valence-electron chi connectivity index (χ2n) is 8.85. The Hall–Kier alpha value is -3.34. The molecule has 2 aliphatic rings. The van der Waals surface area contributed by atoms with Crippen molar-refractivity contribution in [3.05, 3.63) is 53.8 Å². The second-order valence-corrected chi connectivity index (χ2v) is 9.34. The number of para-hydroxylation sites is 1. The van der Waals surface area contributed by atoms with Crippen molar-refractivity contribution in [2.45, 2.75) is 49.0 Å². The third-order valence-electron chi connectivity index (χ3n) is 6.29. The number of rotatable bonds is 7. The fraction of sp³-hybridized carbons (Fsp3) is 0.360. The molecule has 3 aromatic rings. The number of anilines is 1. The number of benzene rings is 2. The summed E-state index contributed by atoms with van der Waals surface area (Å²) in [6.45, 7) is 1.30. The Morgan fingerprint density at radius 1 is 1.11 bits per heavy atom. The first-order chi connectivity index (χ1) is 17.2. The number of piperidine rings is 1. The maximum atomic E-state index is 13.0. The van der Waals surface area contributed by atoms with Crippen molar-refractivity contribution in [1.29, 1.82) is 0 Å². The number of ether oxygens (including phenoxy) is 2. The molecule has 0 amide bonds. The first-order valence-corrected chi connectivity index (χ1v) is 12.0. The quantitative estimate of drug-likeness (QED) is 0.361. The monoisotopic (exact) mass is 520 g/mol. The molecule has 36 heavy (non-hydrogen) atoms. The first kappa shape index (κ1) is 24.4. The topological polar surface area (TPSA) is 85.0 Å². The van der Waals surface area contributed by atoms with Crippen LogP contribution in [-0.4, -0.2) is 41.8 Å². The van der Waals surface area contributed by atoms with Gasteiger partial charge in [0.2, 0.25) is 0 Å². The summed E-state index contributed by atoms with van der Waals surface area (Å²) in [6.07, 6.45) is -1.93. The minimum absolute atomic E-state index is 0.138. The van der Waals surface area contributed by atoms with Gasteiger partial charge in [0.15, 0.2) is 17.2 Å². The minimum atomic E-state index is -4.84. The van der Waals surface area contributed by atoms with Crippen molar-refractivity contribution >= 4 is 24.3 Å². The van der Waals surface area contributed by atoms with Crippen LogP contribution < -0.4 is 14.4 Å². The van der Waals surface area contributed by atoms with Gasteiger partial charge in [-0.1, -0.05) is 17.3 Å². The highest BCUT2D eigenvalue weighted by Crippen LogP contribution is 2.49. The second kappa shape index (κ2) is 9.61. The maximum absolute atomic E-state index is 13.0. The van der Waals surface area contributed by atoms with E-state index in [0.29, 0.717) is 42.3 Å². The van der Waals surface area contributed by atoms with E-state index in [2.05, 4.69) is 27.4 Å². The molecular formula is C25H23F3N2O5S. The van der Waals surface area contributed by atoms with E-state index in [9.17, 15) is 23.1 Å². The summed E-state index contributed by atoms with van der Waals surface area (Å²) < 4.78 is 55.1. The summed E-state index contributed by atoms with van der Waals surface area (Å²) in [5, 5.41) is 13.3. The predicted molar refractivity (Wildman–Crippen MR) is 127 cm³/mol. The van der Waals surface area contributed by atoms with Crippen molar-refractivity contribution in [3.8, 4) is 22.8 Å². The number of aromatic nitrogens is 1. The highest BCUT2D eigenvalue weighted by atomic mass is 32.1. The molecule has 0 radical (unpaired) electrons. The van der Waals surface area contributed by atoms with Crippen LogP contribution in [0.25, 0.3) is 11.3 Å². The fourth-order valence-electron chi connectivity index (χ4n) is 4.36. The molecule has 7 nitrogen and oxygen atoms in total. The molecule has 0 spiro atoms. The van der Waals surface area contributed by atoms with Crippen molar-refractivity contribution in [1.82, 2.24) is 5.16 Å². The first-order valence-electron chi connectivity index (χ1n) is 11.5. The third kappa shape index (κ3) is 5.25. The van der Waals surface area contributed by atoms with Crippen LogP contribution >= 0.6 is 12.6 Å². The number of hydrogen-bond acceptors (Lipinski definition) is 7. The van der Waals surface area contributed by atoms with Crippen molar-refractivity contribution in [2.75, 3.05) is 18.0 Å². The van der Waals surface area contributed by atoms with Crippen molar-refractivity contribution in [2.24, 2.45) is 0 Å². The van der Waals surface area contributed by atoms with Gasteiger partial charge in [-0.2, -0.15) is 0 Å². The zero-order valence-electron chi connectivity index (χ0n) is 19.0. The number of thiol groups is 1.